The summed E-state index contributed by atoms with van der Waals surface area (Å²) in [5.41, 5.74) is 29.0. The van der Waals surface area contributed by atoms with Crippen LogP contribution in [0.25, 0.3) is 0 Å². The Bertz CT molecular complexity index is 2830. The predicted molar refractivity (Wildman–Crippen MR) is 311 cm³/mol. The molecule has 446 valence electrons. The summed E-state index contributed by atoms with van der Waals surface area (Å²) < 4.78 is 27.2. The number of primary amides is 1. The molecule has 25 nitrogen and oxygen atoms in total. The van der Waals surface area contributed by atoms with Gasteiger partial charge in [0, 0.05) is 29.7 Å². The quantitative estimate of drug-likeness (QED) is 0.0291. The third-order valence-electron chi connectivity index (χ3n) is 13.0. The average Bonchev–Trinajstić information content (AvgIpc) is 3.53. The van der Waals surface area contributed by atoms with Gasteiger partial charge in [-0.1, -0.05) is 6.42 Å². The first-order chi connectivity index (χ1) is 39.5. The standard InChI is InChI=1S/C57H80N12O13/c1-78-45-21-18-34(29-37(45)50(62)70)64-55(75)42(15-7-11-25-59)67-52(72)38-30-35(19-22-46(38)79-2)65-56(76)43(16-8-12-26-60)68-53(73)39-31-36(20-23-47(39)80-3)66-57(77)44(17-9-13-27-61)69-54(74)41-32-40(48(81-4)33-49(41)82-5)51(71)63-28-14-6-10-24-58/h18-23,29-33,42-44H,6-17,24-28,58-61H2,1-5H3,(H2,62,70)(H,63,71)(H,64,75)(H,65,76)(H,66,77)(H,67,72)(H,68,73)(H,69,74). The van der Waals surface area contributed by atoms with Crippen molar-refractivity contribution in [2.45, 2.75) is 95.2 Å². The predicted octanol–water partition coefficient (Wildman–Crippen LogP) is 3.29. The van der Waals surface area contributed by atoms with Gasteiger partial charge in [-0.2, -0.15) is 0 Å². The van der Waals surface area contributed by atoms with Gasteiger partial charge in [0.15, 0.2) is 0 Å². The van der Waals surface area contributed by atoms with Crippen LogP contribution < -0.4 is 89.6 Å². The highest BCUT2D eigenvalue weighted by molar-refractivity contribution is 6.08. The van der Waals surface area contributed by atoms with Gasteiger partial charge in [-0.3, -0.25) is 38.4 Å². The smallest absolute Gasteiger partial charge is 0.255 e. The number of anilines is 3. The molecule has 4 rings (SSSR count). The highest BCUT2D eigenvalue weighted by atomic mass is 16.5. The van der Waals surface area contributed by atoms with Crippen molar-refractivity contribution in [1.29, 1.82) is 0 Å². The van der Waals surface area contributed by atoms with Gasteiger partial charge in [0.2, 0.25) is 17.7 Å². The minimum absolute atomic E-state index is 0.0327. The van der Waals surface area contributed by atoms with Crippen LogP contribution in [0.1, 0.15) is 129 Å². The number of ether oxygens (including phenoxy) is 5. The Kier molecular flexibility index (Phi) is 27.8. The molecule has 3 unspecified atom stereocenters. The SMILES string of the molecule is COc1ccc(NC(=O)C(CCCCN)NC(=O)c2cc(NC(=O)C(CCCCN)NC(=O)c3cc(NC(=O)C(CCCCN)NC(=O)c4cc(C(=O)NCCCCCN)c(OC)cc4OC)ccc3OC)ccc2OC)cc1C(N)=O. The fraction of sp³-hybridized carbons (Fsp3) is 0.439. The van der Waals surface area contributed by atoms with Crippen molar-refractivity contribution in [2.75, 3.05) is 84.2 Å². The molecule has 25 heteroatoms. The lowest BCUT2D eigenvalue weighted by molar-refractivity contribution is -0.118. The van der Waals surface area contributed by atoms with Gasteiger partial charge in [0.1, 0.15) is 46.9 Å². The van der Waals surface area contributed by atoms with E-state index in [4.69, 9.17) is 52.4 Å². The summed E-state index contributed by atoms with van der Waals surface area (Å²) in [6, 6.07) is 12.3. The van der Waals surface area contributed by atoms with E-state index in [1.807, 2.05) is 0 Å². The molecule has 17 N–H and O–H groups in total. The summed E-state index contributed by atoms with van der Waals surface area (Å²) in [6.07, 6.45) is 5.76. The molecule has 0 saturated carbocycles. The topological polar surface area (TPSA) is 397 Å². The second-order valence-corrected chi connectivity index (χ2v) is 18.9. The number of unbranched alkanes of at least 4 members (excludes halogenated alkanes) is 5. The zero-order valence-electron chi connectivity index (χ0n) is 47.3. The summed E-state index contributed by atoms with van der Waals surface area (Å²) in [4.78, 5) is 110. The number of carbonyl (C=O) groups excluding carboxylic acids is 8. The first-order valence-electron chi connectivity index (χ1n) is 27.0. The van der Waals surface area contributed by atoms with E-state index >= 15 is 0 Å². The van der Waals surface area contributed by atoms with E-state index in [-0.39, 0.29) is 92.9 Å². The van der Waals surface area contributed by atoms with Crippen molar-refractivity contribution in [1.82, 2.24) is 21.3 Å². The van der Waals surface area contributed by atoms with Crippen LogP contribution in [0.4, 0.5) is 17.1 Å². The van der Waals surface area contributed by atoms with E-state index < -0.39 is 65.4 Å². The molecule has 0 bridgehead atoms. The lowest BCUT2D eigenvalue weighted by atomic mass is 10.0. The minimum atomic E-state index is -1.17. The largest absolute Gasteiger partial charge is 0.496 e. The molecular weight excluding hydrogens is 1060 g/mol. The summed E-state index contributed by atoms with van der Waals surface area (Å²) in [7, 11) is 6.80. The monoisotopic (exact) mass is 1140 g/mol. The van der Waals surface area contributed by atoms with E-state index in [0.29, 0.717) is 77.7 Å². The van der Waals surface area contributed by atoms with Crippen LogP contribution >= 0.6 is 0 Å². The van der Waals surface area contributed by atoms with Crippen LogP contribution in [0, 0.1) is 0 Å². The van der Waals surface area contributed by atoms with E-state index in [1.54, 1.807) is 0 Å². The van der Waals surface area contributed by atoms with Crippen molar-refractivity contribution in [3.63, 3.8) is 0 Å². The van der Waals surface area contributed by atoms with Crippen molar-refractivity contribution >= 4 is 64.3 Å². The number of nitrogens with two attached hydrogens (primary N) is 5. The molecular formula is C57H80N12O13. The van der Waals surface area contributed by atoms with E-state index in [1.165, 1.54) is 102 Å². The first kappa shape index (κ1) is 66.0. The van der Waals surface area contributed by atoms with Crippen LogP contribution in [0.5, 0.6) is 28.7 Å². The number of hydrogen-bond donors (Lipinski definition) is 12. The number of nitrogens with one attached hydrogen (secondary N) is 7. The Morgan fingerprint density at radius 3 is 1.04 bits per heavy atom. The zero-order valence-corrected chi connectivity index (χ0v) is 47.3. The lowest BCUT2D eigenvalue weighted by Crippen LogP contribution is -2.44. The second kappa shape index (κ2) is 34.6. The molecule has 0 aliphatic rings. The van der Waals surface area contributed by atoms with Crippen molar-refractivity contribution < 1.29 is 62.0 Å². The van der Waals surface area contributed by atoms with Gasteiger partial charge in [0.25, 0.3) is 29.5 Å². The Balaban J connectivity index is 1.57. The van der Waals surface area contributed by atoms with Crippen LogP contribution in [-0.2, 0) is 14.4 Å². The van der Waals surface area contributed by atoms with E-state index in [0.717, 1.165) is 12.8 Å². The van der Waals surface area contributed by atoms with Gasteiger partial charge in [0.05, 0.1) is 63.4 Å². The highest BCUT2D eigenvalue weighted by Gasteiger charge is 2.29. The van der Waals surface area contributed by atoms with Gasteiger partial charge < -0.3 is 89.6 Å². The van der Waals surface area contributed by atoms with E-state index in [9.17, 15) is 38.4 Å². The van der Waals surface area contributed by atoms with Crippen LogP contribution in [0.15, 0.2) is 66.7 Å². The Hall–Kier alpha value is -8.52. The van der Waals surface area contributed by atoms with Gasteiger partial charge in [-0.05, 0) is 157 Å². The Labute approximate surface area is 477 Å². The first-order valence-corrected chi connectivity index (χ1v) is 27.0. The molecule has 0 spiro atoms. The molecule has 0 radical (unpaired) electrons. The fourth-order valence-electron chi connectivity index (χ4n) is 8.58. The van der Waals surface area contributed by atoms with Gasteiger partial charge in [-0.15, -0.1) is 0 Å². The minimum Gasteiger partial charge on any atom is -0.496 e. The number of carbonyl (C=O) groups is 8. The molecule has 8 amide bonds. The van der Waals surface area contributed by atoms with Crippen LogP contribution in [-0.4, -0.2) is 134 Å². The number of amides is 8. The summed E-state index contributed by atoms with van der Waals surface area (Å²) in [6.45, 7) is 1.89. The number of hydrogen-bond acceptors (Lipinski definition) is 17. The maximum atomic E-state index is 14.3. The number of benzene rings is 4. The lowest BCUT2D eigenvalue weighted by Gasteiger charge is -2.22. The maximum absolute atomic E-state index is 14.3. The van der Waals surface area contributed by atoms with E-state index in [2.05, 4.69) is 37.2 Å². The fourth-order valence-corrected chi connectivity index (χ4v) is 8.58. The Morgan fingerprint density at radius 2 is 0.695 bits per heavy atom. The molecule has 4 aromatic rings. The van der Waals surface area contributed by atoms with Crippen molar-refractivity contribution in [2.24, 2.45) is 28.7 Å². The third kappa shape index (κ3) is 19.6. The van der Waals surface area contributed by atoms with Gasteiger partial charge in [-0.25, -0.2) is 0 Å². The summed E-state index contributed by atoms with van der Waals surface area (Å²) >= 11 is 0. The molecule has 0 saturated heterocycles. The number of methoxy groups -OCH3 is 5. The average molecular weight is 1140 g/mol. The molecule has 0 heterocycles. The molecule has 0 aliphatic heterocycles. The molecule has 3 atom stereocenters. The summed E-state index contributed by atoms with van der Waals surface area (Å²) in [5.74, 6) is -4.65. The zero-order chi connectivity index (χ0) is 60.1. The molecule has 82 heavy (non-hydrogen) atoms. The van der Waals surface area contributed by atoms with Crippen LogP contribution in [0.3, 0.4) is 0 Å². The molecule has 0 aliphatic carbocycles. The highest BCUT2D eigenvalue weighted by Crippen LogP contribution is 2.31. The Morgan fingerprint density at radius 1 is 0.378 bits per heavy atom. The molecule has 4 aromatic carbocycles. The van der Waals surface area contributed by atoms with Crippen molar-refractivity contribution in [3.8, 4) is 28.7 Å². The molecule has 0 aromatic heterocycles. The normalized spacial score (nSPS) is 11.9. The summed E-state index contributed by atoms with van der Waals surface area (Å²) in [5, 5.41) is 19.4. The maximum Gasteiger partial charge on any atom is 0.255 e. The third-order valence-corrected chi connectivity index (χ3v) is 13.0. The molecule has 0 fully saturated rings. The second-order valence-electron chi connectivity index (χ2n) is 18.9. The van der Waals surface area contributed by atoms with Gasteiger partial charge >= 0.3 is 0 Å². The van der Waals surface area contributed by atoms with Crippen LogP contribution in [0.2, 0.25) is 0 Å². The number of rotatable bonds is 36. The van der Waals surface area contributed by atoms with Crippen molar-refractivity contribution in [3.05, 3.63) is 94.5 Å².